The minimum absolute atomic E-state index is 0.456. The van der Waals surface area contributed by atoms with E-state index in [1.54, 1.807) is 23.1 Å². The quantitative estimate of drug-likeness (QED) is 0.820. The van der Waals surface area contributed by atoms with Gasteiger partial charge in [0.05, 0.1) is 0 Å². The molecule has 0 aliphatic rings. The predicted molar refractivity (Wildman–Crippen MR) is 86.5 cm³/mol. The summed E-state index contributed by atoms with van der Waals surface area (Å²) in [7, 11) is 0. The van der Waals surface area contributed by atoms with Crippen LogP contribution in [0.25, 0.3) is 0 Å². The lowest BCUT2D eigenvalue weighted by Crippen LogP contribution is -2.21. The molecular formula is C15H21N3S2. The molecule has 0 amide bonds. The Morgan fingerprint density at radius 2 is 1.95 bits per heavy atom. The summed E-state index contributed by atoms with van der Waals surface area (Å²) in [5.74, 6) is 0. The van der Waals surface area contributed by atoms with Gasteiger partial charge < -0.3 is 5.32 Å². The van der Waals surface area contributed by atoms with Crippen molar-refractivity contribution in [3.8, 4) is 0 Å². The fourth-order valence-corrected chi connectivity index (χ4v) is 3.79. The molecule has 1 atom stereocenters. The Hall–Kier alpha value is -0.910. The van der Waals surface area contributed by atoms with Crippen LogP contribution in [0.1, 0.15) is 43.3 Å². The minimum Gasteiger partial charge on any atom is -0.310 e. The molecule has 0 fully saturated rings. The maximum atomic E-state index is 4.14. The fraction of sp³-hybridized carbons (Fsp3) is 0.467. The zero-order valence-electron chi connectivity index (χ0n) is 12.2. The van der Waals surface area contributed by atoms with Crippen LogP contribution in [-0.4, -0.2) is 16.7 Å². The standard InChI is InChI=1S/C15H21N3S2/c1-4-10-16-14(5-2)12-6-8-13(9-7-12)20-15-18-17-11(3)19-15/h6-9,14,16H,4-5,10H2,1-3H3. The monoisotopic (exact) mass is 307 g/mol. The van der Waals surface area contributed by atoms with Crippen LogP contribution in [-0.2, 0) is 0 Å². The van der Waals surface area contributed by atoms with Crippen LogP contribution in [0.15, 0.2) is 33.5 Å². The highest BCUT2D eigenvalue weighted by Gasteiger charge is 2.09. The molecule has 0 saturated heterocycles. The molecule has 5 heteroatoms. The minimum atomic E-state index is 0.456. The predicted octanol–water partition coefficient (Wildman–Crippen LogP) is 4.45. The summed E-state index contributed by atoms with van der Waals surface area (Å²) in [6, 6.07) is 9.23. The molecule has 1 unspecified atom stereocenters. The van der Waals surface area contributed by atoms with Crippen molar-refractivity contribution >= 4 is 23.1 Å². The van der Waals surface area contributed by atoms with Gasteiger partial charge in [-0.15, -0.1) is 10.2 Å². The van der Waals surface area contributed by atoms with Gasteiger partial charge in [0.15, 0.2) is 4.34 Å². The molecule has 0 saturated carbocycles. The van der Waals surface area contributed by atoms with Crippen LogP contribution in [0.4, 0.5) is 0 Å². The van der Waals surface area contributed by atoms with E-state index in [4.69, 9.17) is 0 Å². The third-order valence-electron chi connectivity index (χ3n) is 3.04. The molecule has 2 rings (SSSR count). The van der Waals surface area contributed by atoms with Gasteiger partial charge in [-0.1, -0.05) is 49.1 Å². The number of hydrogen-bond acceptors (Lipinski definition) is 5. The molecule has 0 aliphatic heterocycles. The first-order chi connectivity index (χ1) is 9.72. The summed E-state index contributed by atoms with van der Waals surface area (Å²) in [6.07, 6.45) is 2.28. The Kier molecular flexibility index (Phi) is 6.01. The van der Waals surface area contributed by atoms with E-state index in [-0.39, 0.29) is 0 Å². The zero-order valence-corrected chi connectivity index (χ0v) is 13.9. The summed E-state index contributed by atoms with van der Waals surface area (Å²) >= 11 is 3.32. The van der Waals surface area contributed by atoms with E-state index in [0.29, 0.717) is 6.04 Å². The topological polar surface area (TPSA) is 37.8 Å². The average molecular weight is 307 g/mol. The summed E-state index contributed by atoms with van der Waals surface area (Å²) in [5.41, 5.74) is 1.36. The Bertz CT molecular complexity index is 522. The van der Waals surface area contributed by atoms with Crippen LogP contribution >= 0.6 is 23.1 Å². The highest BCUT2D eigenvalue weighted by Crippen LogP contribution is 2.30. The van der Waals surface area contributed by atoms with Crippen molar-refractivity contribution < 1.29 is 0 Å². The molecule has 0 aliphatic carbocycles. The normalized spacial score (nSPS) is 12.6. The van der Waals surface area contributed by atoms with Crippen molar-refractivity contribution in [3.05, 3.63) is 34.8 Å². The lowest BCUT2D eigenvalue weighted by Gasteiger charge is -2.17. The van der Waals surface area contributed by atoms with Crippen LogP contribution < -0.4 is 5.32 Å². The molecule has 0 bridgehead atoms. The average Bonchev–Trinajstić information content (AvgIpc) is 2.86. The van der Waals surface area contributed by atoms with Gasteiger partial charge in [0.25, 0.3) is 0 Å². The largest absolute Gasteiger partial charge is 0.310 e. The molecule has 2 aromatic rings. The smallest absolute Gasteiger partial charge is 0.179 e. The number of rotatable bonds is 7. The Balaban J connectivity index is 2.01. The van der Waals surface area contributed by atoms with E-state index in [2.05, 4.69) is 53.6 Å². The maximum absolute atomic E-state index is 4.14. The van der Waals surface area contributed by atoms with Crippen LogP contribution in [0, 0.1) is 6.92 Å². The third kappa shape index (κ3) is 4.30. The molecule has 1 aromatic carbocycles. The Morgan fingerprint density at radius 3 is 2.50 bits per heavy atom. The summed E-state index contributed by atoms with van der Waals surface area (Å²) in [6.45, 7) is 7.47. The van der Waals surface area contributed by atoms with Gasteiger partial charge in [0.2, 0.25) is 0 Å². The molecular weight excluding hydrogens is 286 g/mol. The number of hydrogen-bond donors (Lipinski definition) is 1. The van der Waals surface area contributed by atoms with Gasteiger partial charge in [-0.2, -0.15) is 0 Å². The Labute approximate surface area is 129 Å². The van der Waals surface area contributed by atoms with Gasteiger partial charge in [-0.25, -0.2) is 0 Å². The van der Waals surface area contributed by atoms with Crippen molar-refractivity contribution in [1.29, 1.82) is 0 Å². The van der Waals surface area contributed by atoms with E-state index < -0.39 is 0 Å². The first kappa shape index (κ1) is 15.5. The second kappa shape index (κ2) is 7.76. The van der Waals surface area contributed by atoms with Crippen molar-refractivity contribution in [3.63, 3.8) is 0 Å². The second-order valence-corrected chi connectivity index (χ2v) is 7.18. The van der Waals surface area contributed by atoms with E-state index in [1.807, 2.05) is 6.92 Å². The van der Waals surface area contributed by atoms with Crippen LogP contribution in [0.2, 0.25) is 0 Å². The van der Waals surface area contributed by atoms with Gasteiger partial charge in [0.1, 0.15) is 5.01 Å². The van der Waals surface area contributed by atoms with Crippen molar-refractivity contribution in [1.82, 2.24) is 15.5 Å². The molecule has 1 aromatic heterocycles. The number of nitrogens with one attached hydrogen (secondary N) is 1. The lowest BCUT2D eigenvalue weighted by molar-refractivity contribution is 0.518. The summed E-state index contributed by atoms with van der Waals surface area (Å²) in [4.78, 5) is 1.22. The molecule has 108 valence electrons. The zero-order chi connectivity index (χ0) is 14.4. The van der Waals surface area contributed by atoms with Crippen molar-refractivity contribution in [2.45, 2.75) is 48.9 Å². The SMILES string of the molecule is CCCNC(CC)c1ccc(Sc2nnc(C)s2)cc1. The number of benzene rings is 1. The number of aromatic nitrogens is 2. The molecule has 0 radical (unpaired) electrons. The fourth-order valence-electron chi connectivity index (χ4n) is 2.01. The lowest BCUT2D eigenvalue weighted by atomic mass is 10.0. The first-order valence-corrected chi connectivity index (χ1v) is 8.67. The van der Waals surface area contributed by atoms with E-state index in [0.717, 1.165) is 22.3 Å². The van der Waals surface area contributed by atoms with Gasteiger partial charge in [0, 0.05) is 10.9 Å². The van der Waals surface area contributed by atoms with E-state index in [9.17, 15) is 0 Å². The van der Waals surface area contributed by atoms with E-state index in [1.165, 1.54) is 16.9 Å². The van der Waals surface area contributed by atoms with Crippen molar-refractivity contribution in [2.75, 3.05) is 6.54 Å². The van der Waals surface area contributed by atoms with Crippen molar-refractivity contribution in [2.24, 2.45) is 0 Å². The molecule has 1 heterocycles. The Morgan fingerprint density at radius 1 is 1.20 bits per heavy atom. The number of nitrogens with zero attached hydrogens (tertiary/aromatic N) is 2. The second-order valence-electron chi connectivity index (χ2n) is 4.67. The van der Waals surface area contributed by atoms with E-state index >= 15 is 0 Å². The number of aryl methyl sites for hydroxylation is 1. The first-order valence-electron chi connectivity index (χ1n) is 7.04. The highest BCUT2D eigenvalue weighted by molar-refractivity contribution is 8.01. The molecule has 1 N–H and O–H groups in total. The highest BCUT2D eigenvalue weighted by atomic mass is 32.2. The summed E-state index contributed by atoms with van der Waals surface area (Å²) < 4.78 is 1.01. The third-order valence-corrected chi connectivity index (χ3v) is 4.94. The van der Waals surface area contributed by atoms with Gasteiger partial charge in [-0.05, 0) is 44.0 Å². The van der Waals surface area contributed by atoms with Crippen LogP contribution in [0.3, 0.4) is 0 Å². The summed E-state index contributed by atoms with van der Waals surface area (Å²) in [5, 5.41) is 12.8. The van der Waals surface area contributed by atoms with Gasteiger partial charge >= 0.3 is 0 Å². The molecule has 3 nitrogen and oxygen atoms in total. The molecule has 0 spiro atoms. The maximum Gasteiger partial charge on any atom is 0.179 e. The van der Waals surface area contributed by atoms with Crippen LogP contribution in [0.5, 0.6) is 0 Å². The molecule has 20 heavy (non-hydrogen) atoms. The van der Waals surface area contributed by atoms with Gasteiger partial charge in [-0.3, -0.25) is 0 Å².